The SMILES string of the molecule is CCCCNC(=O)C(=O)N/N=C\c1cc(Cl)ccc1OCc1ccc(Cl)c(Cl)c1. The van der Waals surface area contributed by atoms with Crippen LogP contribution in [0.3, 0.4) is 0 Å². The summed E-state index contributed by atoms with van der Waals surface area (Å²) < 4.78 is 5.80. The molecular weight excluding hydrogens is 437 g/mol. The third kappa shape index (κ3) is 7.57. The van der Waals surface area contributed by atoms with Gasteiger partial charge in [0.15, 0.2) is 0 Å². The molecule has 2 rings (SSSR count). The van der Waals surface area contributed by atoms with Gasteiger partial charge in [0.2, 0.25) is 0 Å². The van der Waals surface area contributed by atoms with Crippen molar-refractivity contribution in [2.45, 2.75) is 26.4 Å². The van der Waals surface area contributed by atoms with Crippen molar-refractivity contribution in [1.82, 2.24) is 10.7 Å². The number of halogens is 3. The molecule has 0 bridgehead atoms. The van der Waals surface area contributed by atoms with E-state index in [1.165, 1.54) is 6.21 Å². The van der Waals surface area contributed by atoms with Gasteiger partial charge >= 0.3 is 11.8 Å². The van der Waals surface area contributed by atoms with Gasteiger partial charge in [-0.2, -0.15) is 5.10 Å². The number of carbonyl (C=O) groups excluding carboxylic acids is 2. The molecule has 2 aromatic rings. The standard InChI is InChI=1S/C20H20Cl3N3O3/c1-2-3-8-24-19(27)20(28)26-25-11-14-10-15(21)5-7-18(14)29-12-13-4-6-16(22)17(23)9-13/h4-7,9-11H,2-3,8,12H2,1H3,(H,24,27)(H,26,28)/b25-11-. The highest BCUT2D eigenvalue weighted by Crippen LogP contribution is 2.25. The fourth-order valence-corrected chi connectivity index (χ4v) is 2.71. The highest BCUT2D eigenvalue weighted by atomic mass is 35.5. The van der Waals surface area contributed by atoms with Gasteiger partial charge in [-0.1, -0.05) is 54.2 Å². The van der Waals surface area contributed by atoms with Crippen LogP contribution in [0.2, 0.25) is 15.1 Å². The Bertz CT molecular complexity index is 904. The quantitative estimate of drug-likeness (QED) is 0.264. The van der Waals surface area contributed by atoms with E-state index in [1.807, 2.05) is 6.92 Å². The first-order chi connectivity index (χ1) is 13.9. The van der Waals surface area contributed by atoms with Crippen LogP contribution in [0.5, 0.6) is 5.75 Å². The molecule has 0 saturated carbocycles. The lowest BCUT2D eigenvalue weighted by Crippen LogP contribution is -2.38. The second-order valence-corrected chi connectivity index (χ2v) is 7.28. The molecule has 2 amide bonds. The van der Waals surface area contributed by atoms with Gasteiger partial charge in [-0.3, -0.25) is 9.59 Å². The smallest absolute Gasteiger partial charge is 0.329 e. The zero-order valence-electron chi connectivity index (χ0n) is 15.7. The van der Waals surface area contributed by atoms with E-state index in [0.717, 1.165) is 18.4 Å². The first kappa shape index (κ1) is 23.0. The third-order valence-electron chi connectivity index (χ3n) is 3.74. The van der Waals surface area contributed by atoms with E-state index in [1.54, 1.807) is 36.4 Å². The molecule has 6 nitrogen and oxygen atoms in total. The molecule has 29 heavy (non-hydrogen) atoms. The number of benzene rings is 2. The minimum Gasteiger partial charge on any atom is -0.488 e. The summed E-state index contributed by atoms with van der Waals surface area (Å²) in [6.07, 6.45) is 3.07. The van der Waals surface area contributed by atoms with Crippen LogP contribution in [0.1, 0.15) is 30.9 Å². The highest BCUT2D eigenvalue weighted by molar-refractivity contribution is 6.42. The van der Waals surface area contributed by atoms with Crippen molar-refractivity contribution in [3.63, 3.8) is 0 Å². The Morgan fingerprint density at radius 2 is 1.86 bits per heavy atom. The van der Waals surface area contributed by atoms with Crippen molar-refractivity contribution in [3.05, 3.63) is 62.6 Å². The van der Waals surface area contributed by atoms with E-state index in [0.29, 0.717) is 32.9 Å². The lowest BCUT2D eigenvalue weighted by molar-refractivity contribution is -0.139. The number of amides is 2. The molecule has 0 radical (unpaired) electrons. The lowest BCUT2D eigenvalue weighted by Gasteiger charge is -2.10. The maximum absolute atomic E-state index is 11.7. The van der Waals surface area contributed by atoms with E-state index in [4.69, 9.17) is 39.5 Å². The molecule has 154 valence electrons. The Balaban J connectivity index is 2.00. The summed E-state index contributed by atoms with van der Waals surface area (Å²) in [5, 5.41) is 7.69. The number of unbranched alkanes of at least 4 members (excludes halogenated alkanes) is 1. The molecule has 0 saturated heterocycles. The Labute approximate surface area is 184 Å². The van der Waals surface area contributed by atoms with E-state index in [9.17, 15) is 9.59 Å². The number of nitrogens with one attached hydrogen (secondary N) is 2. The molecule has 9 heteroatoms. The number of hydrogen-bond acceptors (Lipinski definition) is 4. The van der Waals surface area contributed by atoms with Gasteiger partial charge in [0.25, 0.3) is 0 Å². The Hall–Kier alpha value is -2.28. The third-order valence-corrected chi connectivity index (χ3v) is 4.72. The van der Waals surface area contributed by atoms with Gasteiger partial charge in [0.05, 0.1) is 16.3 Å². The molecule has 0 unspecified atom stereocenters. The fourth-order valence-electron chi connectivity index (χ4n) is 2.21. The molecule has 0 aromatic heterocycles. The average Bonchev–Trinajstić information content (AvgIpc) is 2.70. The number of rotatable bonds is 8. The monoisotopic (exact) mass is 455 g/mol. The maximum Gasteiger partial charge on any atom is 0.329 e. The van der Waals surface area contributed by atoms with Gasteiger partial charge in [-0.15, -0.1) is 0 Å². The minimum absolute atomic E-state index is 0.242. The van der Waals surface area contributed by atoms with Crippen molar-refractivity contribution in [1.29, 1.82) is 0 Å². The van der Waals surface area contributed by atoms with E-state index in [2.05, 4.69) is 15.8 Å². The molecule has 0 atom stereocenters. The van der Waals surface area contributed by atoms with Crippen molar-refractivity contribution < 1.29 is 14.3 Å². The molecule has 2 N–H and O–H groups in total. The normalized spacial score (nSPS) is 10.8. The molecule has 0 heterocycles. The molecule has 0 fully saturated rings. The summed E-state index contributed by atoms with van der Waals surface area (Å²) in [5.74, 6) is -1.10. The van der Waals surface area contributed by atoms with Crippen LogP contribution in [0.25, 0.3) is 0 Å². The Morgan fingerprint density at radius 1 is 1.07 bits per heavy atom. The summed E-state index contributed by atoms with van der Waals surface area (Å²) in [5.41, 5.74) is 3.54. The largest absolute Gasteiger partial charge is 0.488 e. The van der Waals surface area contributed by atoms with Gasteiger partial charge in [0.1, 0.15) is 12.4 Å². The fraction of sp³-hybridized carbons (Fsp3) is 0.250. The van der Waals surface area contributed by atoms with Gasteiger partial charge < -0.3 is 10.1 Å². The molecular formula is C20H20Cl3N3O3. The summed E-state index contributed by atoms with van der Waals surface area (Å²) in [7, 11) is 0. The number of hydrogen-bond donors (Lipinski definition) is 2. The predicted molar refractivity (Wildman–Crippen MR) is 116 cm³/mol. The first-order valence-corrected chi connectivity index (χ1v) is 10.0. The topological polar surface area (TPSA) is 79.8 Å². The lowest BCUT2D eigenvalue weighted by atomic mass is 10.2. The Morgan fingerprint density at radius 3 is 2.59 bits per heavy atom. The summed E-state index contributed by atoms with van der Waals surface area (Å²) in [6, 6.07) is 10.2. The summed E-state index contributed by atoms with van der Waals surface area (Å²) >= 11 is 18.0. The van der Waals surface area contributed by atoms with Gasteiger partial charge in [-0.25, -0.2) is 5.43 Å². The van der Waals surface area contributed by atoms with E-state index >= 15 is 0 Å². The molecule has 0 aliphatic rings. The van der Waals surface area contributed by atoms with Gasteiger partial charge in [0, 0.05) is 17.1 Å². The maximum atomic E-state index is 11.7. The van der Waals surface area contributed by atoms with Gasteiger partial charge in [-0.05, 0) is 42.3 Å². The molecule has 2 aromatic carbocycles. The van der Waals surface area contributed by atoms with Crippen molar-refractivity contribution in [2.24, 2.45) is 5.10 Å². The number of nitrogens with zero attached hydrogens (tertiary/aromatic N) is 1. The van der Waals surface area contributed by atoms with Crippen molar-refractivity contribution in [2.75, 3.05) is 6.54 Å². The zero-order chi connectivity index (χ0) is 21.2. The van der Waals surface area contributed by atoms with Crippen LogP contribution in [0.4, 0.5) is 0 Å². The van der Waals surface area contributed by atoms with Crippen LogP contribution >= 0.6 is 34.8 Å². The van der Waals surface area contributed by atoms with Crippen molar-refractivity contribution in [3.8, 4) is 5.75 Å². The second-order valence-electron chi connectivity index (χ2n) is 6.03. The van der Waals surface area contributed by atoms with Crippen LogP contribution in [-0.4, -0.2) is 24.6 Å². The number of carbonyl (C=O) groups is 2. The highest BCUT2D eigenvalue weighted by Gasteiger charge is 2.11. The summed E-state index contributed by atoms with van der Waals surface area (Å²) in [4.78, 5) is 23.4. The van der Waals surface area contributed by atoms with E-state index in [-0.39, 0.29) is 6.61 Å². The Kier molecular flexibility index (Phi) is 9.25. The molecule has 0 aliphatic heterocycles. The minimum atomic E-state index is -0.849. The predicted octanol–water partition coefficient (Wildman–Crippen LogP) is 4.59. The molecule has 0 spiro atoms. The molecule has 0 aliphatic carbocycles. The average molecular weight is 457 g/mol. The number of hydrazone groups is 1. The summed E-state index contributed by atoms with van der Waals surface area (Å²) in [6.45, 7) is 2.67. The van der Waals surface area contributed by atoms with E-state index < -0.39 is 11.8 Å². The van der Waals surface area contributed by atoms with Crippen molar-refractivity contribution >= 4 is 52.8 Å². The van der Waals surface area contributed by atoms with Crippen LogP contribution in [-0.2, 0) is 16.2 Å². The van der Waals surface area contributed by atoms with Crippen LogP contribution in [0, 0.1) is 0 Å². The second kappa shape index (κ2) is 11.7. The van der Waals surface area contributed by atoms with Crippen LogP contribution in [0.15, 0.2) is 41.5 Å². The first-order valence-electron chi connectivity index (χ1n) is 8.88. The zero-order valence-corrected chi connectivity index (χ0v) is 17.9. The van der Waals surface area contributed by atoms with Crippen LogP contribution < -0.4 is 15.5 Å². The number of ether oxygens (including phenoxy) is 1.